The SMILES string of the molecule is COc1cccc(N(c2ccc(-c3ccc(N(c4ccccc4)c4cccc(O)c4)cc3)cc2)C2C=CC=CC2)c1. The second-order valence-electron chi connectivity index (χ2n) is 9.97. The molecule has 5 aromatic carbocycles. The van der Waals surface area contributed by atoms with Crippen molar-refractivity contribution in [3.05, 3.63) is 152 Å². The maximum Gasteiger partial charge on any atom is 0.120 e. The smallest absolute Gasteiger partial charge is 0.120 e. The number of para-hydroxylation sites is 1. The normalized spacial score (nSPS) is 14.0. The van der Waals surface area contributed by atoms with Gasteiger partial charge in [0.1, 0.15) is 11.5 Å². The van der Waals surface area contributed by atoms with Crippen LogP contribution in [0.1, 0.15) is 6.42 Å². The number of anilines is 5. The van der Waals surface area contributed by atoms with Gasteiger partial charge in [0.15, 0.2) is 0 Å². The summed E-state index contributed by atoms with van der Waals surface area (Å²) in [4.78, 5) is 4.51. The molecule has 0 saturated heterocycles. The highest BCUT2D eigenvalue weighted by Gasteiger charge is 2.20. The van der Waals surface area contributed by atoms with Crippen molar-refractivity contribution in [3.63, 3.8) is 0 Å². The molecule has 0 aromatic heterocycles. The summed E-state index contributed by atoms with van der Waals surface area (Å²) in [6, 6.07) is 43.3. The van der Waals surface area contributed by atoms with Crippen molar-refractivity contribution in [2.75, 3.05) is 16.9 Å². The molecule has 6 rings (SSSR count). The Balaban J connectivity index is 1.30. The number of methoxy groups -OCH3 is 1. The van der Waals surface area contributed by atoms with E-state index in [9.17, 15) is 5.11 Å². The van der Waals surface area contributed by atoms with Gasteiger partial charge in [-0.3, -0.25) is 0 Å². The second kappa shape index (κ2) is 11.9. The Morgan fingerprint density at radius 3 is 1.90 bits per heavy atom. The summed E-state index contributed by atoms with van der Waals surface area (Å²) in [5, 5.41) is 10.1. The van der Waals surface area contributed by atoms with Crippen molar-refractivity contribution in [3.8, 4) is 22.6 Å². The first-order chi connectivity index (χ1) is 20.2. The lowest BCUT2D eigenvalue weighted by Gasteiger charge is -2.33. The lowest BCUT2D eigenvalue weighted by atomic mass is 10.0. The zero-order valence-corrected chi connectivity index (χ0v) is 23.0. The van der Waals surface area contributed by atoms with E-state index in [1.165, 1.54) is 0 Å². The standard InChI is InChI=1S/C37H32N2O2/c1-41-37-17-9-15-35(27-37)39(31-12-6-3-7-13-31)33-24-20-29(21-25-33)28-18-22-32(23-19-28)38(30-10-4-2-5-11-30)34-14-8-16-36(40)26-34/h2-12,14-27,31,40H,13H2,1H3. The third kappa shape index (κ3) is 5.73. The molecule has 202 valence electrons. The molecule has 1 aliphatic carbocycles. The van der Waals surface area contributed by atoms with E-state index in [0.717, 1.165) is 51.7 Å². The number of aromatic hydroxyl groups is 1. The molecule has 0 heterocycles. The number of benzene rings is 5. The summed E-state index contributed by atoms with van der Waals surface area (Å²) in [5.41, 5.74) is 7.45. The molecule has 4 heteroatoms. The maximum atomic E-state index is 10.1. The van der Waals surface area contributed by atoms with E-state index >= 15 is 0 Å². The van der Waals surface area contributed by atoms with Crippen LogP contribution in [0.15, 0.2) is 152 Å². The number of phenols is 1. The Kier molecular flexibility index (Phi) is 7.55. The molecule has 5 aromatic rings. The molecule has 1 aliphatic rings. The van der Waals surface area contributed by atoms with E-state index in [4.69, 9.17) is 4.74 Å². The molecule has 0 aliphatic heterocycles. The van der Waals surface area contributed by atoms with Crippen molar-refractivity contribution in [1.29, 1.82) is 0 Å². The van der Waals surface area contributed by atoms with Gasteiger partial charge in [0.2, 0.25) is 0 Å². The minimum atomic E-state index is 0.221. The van der Waals surface area contributed by atoms with Crippen LogP contribution in [0.25, 0.3) is 11.1 Å². The number of hydrogen-bond donors (Lipinski definition) is 1. The summed E-state index contributed by atoms with van der Waals surface area (Å²) in [6.07, 6.45) is 9.62. The Labute approximate surface area is 241 Å². The summed E-state index contributed by atoms with van der Waals surface area (Å²) in [7, 11) is 1.70. The fraction of sp³-hybridized carbons (Fsp3) is 0.0811. The first-order valence-electron chi connectivity index (χ1n) is 13.8. The first kappa shape index (κ1) is 26.0. The zero-order chi connectivity index (χ0) is 28.0. The predicted octanol–water partition coefficient (Wildman–Crippen LogP) is 9.56. The average Bonchev–Trinajstić information content (AvgIpc) is 3.03. The van der Waals surface area contributed by atoms with Gasteiger partial charge >= 0.3 is 0 Å². The van der Waals surface area contributed by atoms with Gasteiger partial charge in [-0.2, -0.15) is 0 Å². The molecule has 0 spiro atoms. The summed E-state index contributed by atoms with van der Waals surface area (Å²) in [6.45, 7) is 0. The van der Waals surface area contributed by atoms with E-state index in [1.54, 1.807) is 19.2 Å². The lowest BCUT2D eigenvalue weighted by molar-refractivity contribution is 0.415. The monoisotopic (exact) mass is 536 g/mol. The first-order valence-corrected chi connectivity index (χ1v) is 13.8. The van der Waals surface area contributed by atoms with Crippen molar-refractivity contribution in [2.45, 2.75) is 12.5 Å². The van der Waals surface area contributed by atoms with Gasteiger partial charge < -0.3 is 19.6 Å². The Bertz CT molecular complexity index is 1660. The van der Waals surface area contributed by atoms with Crippen LogP contribution in [-0.2, 0) is 0 Å². The van der Waals surface area contributed by atoms with E-state index in [1.807, 2.05) is 42.5 Å². The lowest BCUT2D eigenvalue weighted by Crippen LogP contribution is -2.29. The van der Waals surface area contributed by atoms with Crippen LogP contribution in [0.4, 0.5) is 28.4 Å². The predicted molar refractivity (Wildman–Crippen MR) is 170 cm³/mol. The minimum absolute atomic E-state index is 0.221. The van der Waals surface area contributed by atoms with Gasteiger partial charge in [0.05, 0.1) is 13.2 Å². The van der Waals surface area contributed by atoms with Crippen molar-refractivity contribution >= 4 is 28.4 Å². The summed E-state index contributed by atoms with van der Waals surface area (Å²) < 4.78 is 5.52. The van der Waals surface area contributed by atoms with Crippen LogP contribution in [0.5, 0.6) is 11.5 Å². The molecule has 0 saturated carbocycles. The molecular formula is C37H32N2O2. The van der Waals surface area contributed by atoms with Crippen LogP contribution in [-0.4, -0.2) is 18.3 Å². The largest absolute Gasteiger partial charge is 0.508 e. The average molecular weight is 537 g/mol. The van der Waals surface area contributed by atoms with Gasteiger partial charge in [0, 0.05) is 40.6 Å². The molecule has 1 atom stereocenters. The van der Waals surface area contributed by atoms with Crippen molar-refractivity contribution in [1.82, 2.24) is 0 Å². The highest BCUT2D eigenvalue weighted by molar-refractivity contribution is 5.79. The van der Waals surface area contributed by atoms with Crippen molar-refractivity contribution < 1.29 is 9.84 Å². The Hall–Kier alpha value is -5.22. The van der Waals surface area contributed by atoms with Crippen LogP contribution in [0.3, 0.4) is 0 Å². The molecular weight excluding hydrogens is 504 g/mol. The Morgan fingerprint density at radius 1 is 0.610 bits per heavy atom. The van der Waals surface area contributed by atoms with Crippen LogP contribution in [0, 0.1) is 0 Å². The van der Waals surface area contributed by atoms with E-state index in [0.29, 0.717) is 0 Å². The minimum Gasteiger partial charge on any atom is -0.508 e. The highest BCUT2D eigenvalue weighted by atomic mass is 16.5. The Morgan fingerprint density at radius 2 is 1.24 bits per heavy atom. The number of ether oxygens (including phenoxy) is 1. The quantitative estimate of drug-likeness (QED) is 0.214. The summed E-state index contributed by atoms with van der Waals surface area (Å²) >= 11 is 0. The maximum absolute atomic E-state index is 10.1. The number of allylic oxidation sites excluding steroid dienone is 2. The van der Waals surface area contributed by atoms with Gasteiger partial charge in [-0.1, -0.05) is 78.9 Å². The van der Waals surface area contributed by atoms with Gasteiger partial charge in [0.25, 0.3) is 0 Å². The zero-order valence-electron chi connectivity index (χ0n) is 23.0. The van der Waals surface area contributed by atoms with Crippen LogP contribution >= 0.6 is 0 Å². The molecule has 0 radical (unpaired) electrons. The fourth-order valence-corrected chi connectivity index (χ4v) is 5.33. The van der Waals surface area contributed by atoms with E-state index in [-0.39, 0.29) is 11.8 Å². The number of phenolic OH excluding ortho intramolecular Hbond substituents is 1. The highest BCUT2D eigenvalue weighted by Crippen LogP contribution is 2.38. The van der Waals surface area contributed by atoms with Crippen LogP contribution < -0.4 is 14.5 Å². The second-order valence-corrected chi connectivity index (χ2v) is 9.97. The van der Waals surface area contributed by atoms with E-state index in [2.05, 4.69) is 107 Å². The summed E-state index contributed by atoms with van der Waals surface area (Å²) in [5.74, 6) is 1.08. The molecule has 1 unspecified atom stereocenters. The molecule has 41 heavy (non-hydrogen) atoms. The molecule has 0 bridgehead atoms. The third-order valence-electron chi connectivity index (χ3n) is 7.33. The van der Waals surface area contributed by atoms with Crippen molar-refractivity contribution in [2.24, 2.45) is 0 Å². The number of rotatable bonds is 8. The molecule has 0 amide bonds. The molecule has 0 fully saturated rings. The van der Waals surface area contributed by atoms with Gasteiger partial charge in [-0.05, 0) is 78.2 Å². The van der Waals surface area contributed by atoms with Gasteiger partial charge in [-0.15, -0.1) is 0 Å². The van der Waals surface area contributed by atoms with E-state index < -0.39 is 0 Å². The van der Waals surface area contributed by atoms with Crippen LogP contribution in [0.2, 0.25) is 0 Å². The van der Waals surface area contributed by atoms with Gasteiger partial charge in [-0.25, -0.2) is 0 Å². The molecule has 1 N–H and O–H groups in total. The third-order valence-corrected chi connectivity index (χ3v) is 7.33. The number of nitrogens with zero attached hydrogens (tertiary/aromatic N) is 2. The fourth-order valence-electron chi connectivity index (χ4n) is 5.33. The topological polar surface area (TPSA) is 35.9 Å². The molecule has 4 nitrogen and oxygen atoms in total. The number of hydrogen-bond acceptors (Lipinski definition) is 4.